The predicted molar refractivity (Wildman–Crippen MR) is 142 cm³/mol. The summed E-state index contributed by atoms with van der Waals surface area (Å²) < 4.78 is 0. The molecule has 0 bridgehead atoms. The maximum atomic E-state index is 12.3. The van der Waals surface area contributed by atoms with Gasteiger partial charge in [0.05, 0.1) is 0 Å². The molecule has 1 rings (SSSR count). The predicted octanol–water partition coefficient (Wildman–Crippen LogP) is 6.86. The average Bonchev–Trinajstić information content (AvgIpc) is 2.80. The minimum atomic E-state index is -1.12. The van der Waals surface area contributed by atoms with Crippen LogP contribution in [-0.2, 0) is 14.4 Å². The van der Waals surface area contributed by atoms with Crippen LogP contribution in [-0.4, -0.2) is 41.1 Å². The van der Waals surface area contributed by atoms with Crippen LogP contribution in [0.4, 0.5) is 11.4 Å². The number of hydrogen-bond donors (Lipinski definition) is 3. The van der Waals surface area contributed by atoms with Crippen LogP contribution in [0.2, 0.25) is 0 Å². The van der Waals surface area contributed by atoms with Crippen LogP contribution in [0.1, 0.15) is 110 Å². The molecule has 0 aliphatic rings. The van der Waals surface area contributed by atoms with E-state index >= 15 is 0 Å². The molecule has 0 saturated carbocycles. The summed E-state index contributed by atoms with van der Waals surface area (Å²) in [7, 11) is 0. The summed E-state index contributed by atoms with van der Waals surface area (Å²) >= 11 is 0. The number of benzene rings is 1. The second-order valence-electron chi connectivity index (χ2n) is 9.44. The number of unbranched alkanes of at least 4 members (excludes halogenated alkanes) is 14. The maximum absolute atomic E-state index is 12.3. The molecule has 0 saturated heterocycles. The molecule has 0 radical (unpaired) electrons. The lowest BCUT2D eigenvalue weighted by Crippen LogP contribution is -2.34. The molecular formula is C28H46N2O5. The van der Waals surface area contributed by atoms with E-state index in [1.54, 1.807) is 24.3 Å². The van der Waals surface area contributed by atoms with Crippen molar-refractivity contribution in [3.63, 3.8) is 0 Å². The third kappa shape index (κ3) is 16.7. The van der Waals surface area contributed by atoms with E-state index in [0.717, 1.165) is 19.3 Å². The largest absolute Gasteiger partial charge is 0.480 e. The van der Waals surface area contributed by atoms with Gasteiger partial charge in [0.25, 0.3) is 0 Å². The van der Waals surface area contributed by atoms with Crippen molar-refractivity contribution < 1.29 is 24.6 Å². The molecule has 3 N–H and O–H groups in total. The minimum Gasteiger partial charge on any atom is -0.480 e. The number of amides is 1. The van der Waals surface area contributed by atoms with Crippen molar-refractivity contribution in [3.05, 3.63) is 24.3 Å². The Balaban J connectivity index is 2.13. The van der Waals surface area contributed by atoms with Crippen LogP contribution >= 0.6 is 0 Å². The number of aliphatic carboxylic acids is 2. The highest BCUT2D eigenvalue weighted by molar-refractivity contribution is 5.91. The van der Waals surface area contributed by atoms with Gasteiger partial charge in [-0.2, -0.15) is 0 Å². The minimum absolute atomic E-state index is 0.0835. The lowest BCUT2D eigenvalue weighted by molar-refractivity contribution is -0.136. The molecule has 0 heterocycles. The Kier molecular flexibility index (Phi) is 17.2. The molecule has 1 aromatic rings. The summed E-state index contributed by atoms with van der Waals surface area (Å²) in [6, 6.07) is 6.63. The zero-order valence-corrected chi connectivity index (χ0v) is 21.6. The lowest BCUT2D eigenvalue weighted by atomic mass is 10.0. The number of nitrogens with one attached hydrogen (secondary N) is 1. The number of carbonyl (C=O) groups excluding carboxylic acids is 1. The van der Waals surface area contributed by atoms with E-state index in [-0.39, 0.29) is 5.91 Å². The third-order valence-electron chi connectivity index (χ3n) is 6.15. The summed E-state index contributed by atoms with van der Waals surface area (Å²) in [6.45, 7) is 1.40. The number of carboxylic acid groups (broad SMARTS) is 2. The van der Waals surface area contributed by atoms with E-state index in [9.17, 15) is 14.4 Å². The van der Waals surface area contributed by atoms with Gasteiger partial charge in [0.1, 0.15) is 13.1 Å². The van der Waals surface area contributed by atoms with E-state index in [0.29, 0.717) is 17.8 Å². The van der Waals surface area contributed by atoms with Gasteiger partial charge in [-0.25, -0.2) is 0 Å². The Hall–Kier alpha value is -2.57. The fourth-order valence-electron chi connectivity index (χ4n) is 4.23. The normalized spacial score (nSPS) is 10.8. The van der Waals surface area contributed by atoms with Crippen molar-refractivity contribution in [3.8, 4) is 0 Å². The Morgan fingerprint density at radius 2 is 1.17 bits per heavy atom. The zero-order chi connectivity index (χ0) is 25.7. The van der Waals surface area contributed by atoms with E-state index < -0.39 is 25.0 Å². The highest BCUT2D eigenvalue weighted by Gasteiger charge is 2.15. The molecule has 0 aliphatic heterocycles. The molecule has 35 heavy (non-hydrogen) atoms. The number of carboxylic acids is 2. The van der Waals surface area contributed by atoms with Crippen LogP contribution in [0.5, 0.6) is 0 Å². The van der Waals surface area contributed by atoms with Crippen LogP contribution in [0.3, 0.4) is 0 Å². The van der Waals surface area contributed by atoms with Crippen molar-refractivity contribution in [2.45, 2.75) is 110 Å². The van der Waals surface area contributed by atoms with Crippen LogP contribution in [0.15, 0.2) is 24.3 Å². The first-order valence-corrected chi connectivity index (χ1v) is 13.5. The third-order valence-corrected chi connectivity index (χ3v) is 6.15. The smallest absolute Gasteiger partial charge is 0.323 e. The van der Waals surface area contributed by atoms with Gasteiger partial charge in [0.2, 0.25) is 5.91 Å². The fourth-order valence-corrected chi connectivity index (χ4v) is 4.23. The molecule has 0 unspecified atom stereocenters. The van der Waals surface area contributed by atoms with Crippen molar-refractivity contribution in [2.24, 2.45) is 0 Å². The second-order valence-corrected chi connectivity index (χ2v) is 9.44. The van der Waals surface area contributed by atoms with Gasteiger partial charge in [0.15, 0.2) is 0 Å². The first kappa shape index (κ1) is 30.5. The van der Waals surface area contributed by atoms with E-state index in [2.05, 4.69) is 12.2 Å². The van der Waals surface area contributed by atoms with Crippen molar-refractivity contribution in [1.29, 1.82) is 0 Å². The topological polar surface area (TPSA) is 107 Å². The standard InChI is InChI=1S/C28H46N2O5/c1-2-3-4-5-6-7-8-9-10-11-12-13-14-15-16-20-26(31)29-24-18-17-19-25(21-24)30(22-27(32)33)23-28(34)35/h17-19,21H,2-16,20,22-23H2,1H3,(H,29,31)(H,32,33)(H,34,35). The quantitative estimate of drug-likeness (QED) is 0.153. The summed E-state index contributed by atoms with van der Waals surface area (Å²) in [4.78, 5) is 35.6. The van der Waals surface area contributed by atoms with E-state index in [1.165, 1.54) is 81.9 Å². The van der Waals surface area contributed by atoms with Gasteiger partial charge in [0, 0.05) is 17.8 Å². The van der Waals surface area contributed by atoms with Crippen molar-refractivity contribution >= 4 is 29.2 Å². The van der Waals surface area contributed by atoms with Crippen LogP contribution < -0.4 is 10.2 Å². The van der Waals surface area contributed by atoms with Gasteiger partial charge in [-0.15, -0.1) is 0 Å². The van der Waals surface area contributed by atoms with Gasteiger partial charge in [-0.3, -0.25) is 14.4 Å². The molecule has 1 amide bonds. The van der Waals surface area contributed by atoms with Gasteiger partial charge < -0.3 is 20.4 Å². The Morgan fingerprint density at radius 1 is 0.714 bits per heavy atom. The molecule has 1 aromatic carbocycles. The van der Waals surface area contributed by atoms with E-state index in [1.807, 2.05) is 0 Å². The molecule has 7 nitrogen and oxygen atoms in total. The van der Waals surface area contributed by atoms with Gasteiger partial charge in [-0.05, 0) is 24.6 Å². The van der Waals surface area contributed by atoms with Gasteiger partial charge in [-0.1, -0.05) is 103 Å². The first-order valence-electron chi connectivity index (χ1n) is 13.5. The van der Waals surface area contributed by atoms with Crippen LogP contribution in [0.25, 0.3) is 0 Å². The number of anilines is 2. The SMILES string of the molecule is CCCCCCCCCCCCCCCCCC(=O)Nc1cccc(N(CC(=O)O)CC(=O)O)c1. The molecule has 7 heteroatoms. The molecular weight excluding hydrogens is 444 g/mol. The average molecular weight is 491 g/mol. The summed E-state index contributed by atoms with van der Waals surface area (Å²) in [5.74, 6) is -2.32. The first-order chi connectivity index (χ1) is 16.9. The monoisotopic (exact) mass is 490 g/mol. The van der Waals surface area contributed by atoms with Crippen LogP contribution in [0, 0.1) is 0 Å². The zero-order valence-electron chi connectivity index (χ0n) is 21.6. The summed E-state index contributed by atoms with van der Waals surface area (Å²) in [5, 5.41) is 20.9. The Labute approximate surface area is 211 Å². The molecule has 0 fully saturated rings. The highest BCUT2D eigenvalue weighted by Crippen LogP contribution is 2.20. The van der Waals surface area contributed by atoms with Gasteiger partial charge >= 0.3 is 11.9 Å². The molecule has 0 aliphatic carbocycles. The molecule has 0 atom stereocenters. The fraction of sp³-hybridized carbons (Fsp3) is 0.679. The number of hydrogen-bond acceptors (Lipinski definition) is 4. The van der Waals surface area contributed by atoms with E-state index in [4.69, 9.17) is 10.2 Å². The highest BCUT2D eigenvalue weighted by atomic mass is 16.4. The Bertz CT molecular complexity index is 722. The molecule has 0 spiro atoms. The summed E-state index contributed by atoms with van der Waals surface area (Å²) in [6.07, 6.45) is 19.6. The maximum Gasteiger partial charge on any atom is 0.323 e. The number of nitrogens with zero attached hydrogens (tertiary/aromatic N) is 1. The summed E-state index contributed by atoms with van der Waals surface area (Å²) in [5.41, 5.74) is 0.980. The lowest BCUT2D eigenvalue weighted by Gasteiger charge is -2.21. The van der Waals surface area contributed by atoms with Crippen molar-refractivity contribution in [1.82, 2.24) is 0 Å². The number of rotatable bonds is 22. The molecule has 198 valence electrons. The molecule has 0 aromatic heterocycles. The Morgan fingerprint density at radius 3 is 1.63 bits per heavy atom. The number of carbonyl (C=O) groups is 3. The second kappa shape index (κ2) is 19.7. The van der Waals surface area contributed by atoms with Crippen molar-refractivity contribution in [2.75, 3.05) is 23.3 Å².